The first-order chi connectivity index (χ1) is 7.54. The normalized spacial score (nSPS) is 24.1. The first kappa shape index (κ1) is 11.7. The second kappa shape index (κ2) is 4.21. The zero-order valence-electron chi connectivity index (χ0n) is 10.9. The zero-order chi connectivity index (χ0) is 11.8. The maximum absolute atomic E-state index is 3.77. The first-order valence-corrected chi connectivity index (χ1v) is 6.38. The minimum atomic E-state index is 0.340. The van der Waals surface area contributed by atoms with E-state index in [0.29, 0.717) is 17.5 Å². The maximum atomic E-state index is 3.77. The molecule has 1 nitrogen and oxygen atoms in total. The average molecular weight is 217 g/mol. The molecule has 2 unspecified atom stereocenters. The molecule has 0 aromatic heterocycles. The van der Waals surface area contributed by atoms with Gasteiger partial charge >= 0.3 is 0 Å². The Balaban J connectivity index is 2.28. The van der Waals surface area contributed by atoms with Crippen LogP contribution in [-0.4, -0.2) is 6.04 Å². The van der Waals surface area contributed by atoms with Crippen LogP contribution in [0.1, 0.15) is 51.3 Å². The third-order valence-electron chi connectivity index (χ3n) is 3.86. The fourth-order valence-corrected chi connectivity index (χ4v) is 2.71. The van der Waals surface area contributed by atoms with Gasteiger partial charge in [-0.1, -0.05) is 45.0 Å². The standard InChI is InChI=1S/C15H23N/c1-5-11(2)16-14-13-9-7-6-8-12(13)10-15(14,3)4/h6-9,11,14,16H,5,10H2,1-4H3. The van der Waals surface area contributed by atoms with Crippen molar-refractivity contribution in [2.45, 2.75) is 52.6 Å². The fourth-order valence-electron chi connectivity index (χ4n) is 2.71. The zero-order valence-corrected chi connectivity index (χ0v) is 10.9. The van der Waals surface area contributed by atoms with Gasteiger partial charge in [-0.25, -0.2) is 0 Å². The molecule has 0 saturated heterocycles. The second-order valence-corrected chi connectivity index (χ2v) is 5.77. The van der Waals surface area contributed by atoms with Crippen LogP contribution in [0.15, 0.2) is 24.3 Å². The molecular formula is C15H23N. The molecule has 0 heterocycles. The number of hydrogen-bond acceptors (Lipinski definition) is 1. The Hall–Kier alpha value is -0.820. The van der Waals surface area contributed by atoms with Crippen LogP contribution >= 0.6 is 0 Å². The van der Waals surface area contributed by atoms with E-state index in [2.05, 4.69) is 57.3 Å². The maximum Gasteiger partial charge on any atom is 0.0379 e. The second-order valence-electron chi connectivity index (χ2n) is 5.77. The molecule has 1 heteroatoms. The van der Waals surface area contributed by atoms with Gasteiger partial charge < -0.3 is 5.32 Å². The van der Waals surface area contributed by atoms with Crippen LogP contribution in [0.25, 0.3) is 0 Å². The van der Waals surface area contributed by atoms with Crippen molar-refractivity contribution >= 4 is 0 Å². The highest BCUT2D eigenvalue weighted by atomic mass is 15.0. The topological polar surface area (TPSA) is 12.0 Å². The molecule has 0 aliphatic heterocycles. The Bertz CT molecular complexity index is 367. The lowest BCUT2D eigenvalue weighted by molar-refractivity contribution is 0.250. The van der Waals surface area contributed by atoms with Gasteiger partial charge in [0.1, 0.15) is 0 Å². The van der Waals surface area contributed by atoms with E-state index in [1.807, 2.05) is 0 Å². The minimum absolute atomic E-state index is 0.340. The molecule has 1 aromatic carbocycles. The lowest BCUT2D eigenvalue weighted by Crippen LogP contribution is -2.36. The molecule has 16 heavy (non-hydrogen) atoms. The van der Waals surface area contributed by atoms with Crippen molar-refractivity contribution in [3.63, 3.8) is 0 Å². The predicted molar refractivity (Wildman–Crippen MR) is 69.6 cm³/mol. The summed E-state index contributed by atoms with van der Waals surface area (Å²) >= 11 is 0. The molecule has 1 aliphatic rings. The summed E-state index contributed by atoms with van der Waals surface area (Å²) in [6.45, 7) is 9.25. The SMILES string of the molecule is CCC(C)NC1c2ccccc2CC1(C)C. The van der Waals surface area contributed by atoms with Crippen molar-refractivity contribution in [3.8, 4) is 0 Å². The quantitative estimate of drug-likeness (QED) is 0.814. The Kier molecular flexibility index (Phi) is 3.07. The van der Waals surface area contributed by atoms with Crippen LogP contribution in [0.5, 0.6) is 0 Å². The van der Waals surface area contributed by atoms with Crippen molar-refractivity contribution in [2.24, 2.45) is 5.41 Å². The molecule has 1 aliphatic carbocycles. The molecule has 2 atom stereocenters. The van der Waals surface area contributed by atoms with Gasteiger partial charge in [0, 0.05) is 12.1 Å². The van der Waals surface area contributed by atoms with Gasteiger partial charge in [0.15, 0.2) is 0 Å². The van der Waals surface area contributed by atoms with E-state index >= 15 is 0 Å². The van der Waals surface area contributed by atoms with Crippen LogP contribution in [0.3, 0.4) is 0 Å². The van der Waals surface area contributed by atoms with E-state index in [1.165, 1.54) is 24.0 Å². The molecule has 0 saturated carbocycles. The summed E-state index contributed by atoms with van der Waals surface area (Å²) < 4.78 is 0. The summed E-state index contributed by atoms with van der Waals surface area (Å²) in [6.07, 6.45) is 2.38. The number of hydrogen-bond donors (Lipinski definition) is 1. The van der Waals surface area contributed by atoms with Gasteiger partial charge in [-0.05, 0) is 36.3 Å². The van der Waals surface area contributed by atoms with Crippen molar-refractivity contribution in [3.05, 3.63) is 35.4 Å². The number of fused-ring (bicyclic) bond motifs is 1. The summed E-state index contributed by atoms with van der Waals surface area (Å²) in [7, 11) is 0. The molecular weight excluding hydrogens is 194 g/mol. The third kappa shape index (κ3) is 2.01. The summed E-state index contributed by atoms with van der Waals surface area (Å²) in [5, 5.41) is 3.77. The molecule has 88 valence electrons. The van der Waals surface area contributed by atoms with Gasteiger partial charge in [0.05, 0.1) is 0 Å². The highest BCUT2D eigenvalue weighted by molar-refractivity contribution is 5.37. The smallest absolute Gasteiger partial charge is 0.0379 e. The Labute approximate surface area is 99.3 Å². The van der Waals surface area contributed by atoms with E-state index < -0.39 is 0 Å². The molecule has 0 fully saturated rings. The predicted octanol–water partition coefficient (Wildman–Crippen LogP) is 3.70. The van der Waals surface area contributed by atoms with Crippen molar-refractivity contribution < 1.29 is 0 Å². The van der Waals surface area contributed by atoms with Gasteiger partial charge in [-0.15, -0.1) is 0 Å². The van der Waals surface area contributed by atoms with Gasteiger partial charge in [0.2, 0.25) is 0 Å². The van der Waals surface area contributed by atoms with Crippen molar-refractivity contribution in [1.29, 1.82) is 0 Å². The van der Waals surface area contributed by atoms with E-state index in [1.54, 1.807) is 0 Å². The summed E-state index contributed by atoms with van der Waals surface area (Å²) in [4.78, 5) is 0. The average Bonchev–Trinajstić information content (AvgIpc) is 2.50. The Morgan fingerprint density at radius 1 is 1.38 bits per heavy atom. The van der Waals surface area contributed by atoms with E-state index in [9.17, 15) is 0 Å². The van der Waals surface area contributed by atoms with Crippen molar-refractivity contribution in [1.82, 2.24) is 5.32 Å². The lowest BCUT2D eigenvalue weighted by Gasteiger charge is -2.31. The summed E-state index contributed by atoms with van der Waals surface area (Å²) in [5.74, 6) is 0. The number of nitrogens with one attached hydrogen (secondary N) is 1. The van der Waals surface area contributed by atoms with Crippen molar-refractivity contribution in [2.75, 3.05) is 0 Å². The molecule has 0 radical (unpaired) electrons. The molecule has 0 amide bonds. The third-order valence-corrected chi connectivity index (χ3v) is 3.86. The Morgan fingerprint density at radius 3 is 2.75 bits per heavy atom. The first-order valence-electron chi connectivity index (χ1n) is 6.38. The Morgan fingerprint density at radius 2 is 2.06 bits per heavy atom. The van der Waals surface area contributed by atoms with Crippen LogP contribution in [-0.2, 0) is 6.42 Å². The molecule has 1 aromatic rings. The monoisotopic (exact) mass is 217 g/mol. The lowest BCUT2D eigenvalue weighted by atomic mass is 9.85. The van der Waals surface area contributed by atoms with Crippen LogP contribution < -0.4 is 5.32 Å². The number of rotatable bonds is 3. The van der Waals surface area contributed by atoms with Gasteiger partial charge in [0.25, 0.3) is 0 Å². The van der Waals surface area contributed by atoms with Crippen LogP contribution in [0, 0.1) is 5.41 Å². The molecule has 2 rings (SSSR count). The van der Waals surface area contributed by atoms with Gasteiger partial charge in [-0.3, -0.25) is 0 Å². The molecule has 0 spiro atoms. The van der Waals surface area contributed by atoms with E-state index in [-0.39, 0.29) is 0 Å². The molecule has 0 bridgehead atoms. The largest absolute Gasteiger partial charge is 0.307 e. The molecule has 1 N–H and O–H groups in total. The summed E-state index contributed by atoms with van der Waals surface area (Å²) in [5.41, 5.74) is 3.37. The van der Waals surface area contributed by atoms with E-state index in [4.69, 9.17) is 0 Å². The summed E-state index contributed by atoms with van der Waals surface area (Å²) in [6, 6.07) is 9.97. The highest BCUT2D eigenvalue weighted by Gasteiger charge is 2.38. The van der Waals surface area contributed by atoms with E-state index in [0.717, 1.165) is 0 Å². The van der Waals surface area contributed by atoms with Crippen LogP contribution in [0.2, 0.25) is 0 Å². The highest BCUT2D eigenvalue weighted by Crippen LogP contribution is 2.45. The fraction of sp³-hybridized carbons (Fsp3) is 0.600. The number of benzene rings is 1. The van der Waals surface area contributed by atoms with Crippen LogP contribution in [0.4, 0.5) is 0 Å². The minimum Gasteiger partial charge on any atom is -0.307 e. The van der Waals surface area contributed by atoms with Gasteiger partial charge in [-0.2, -0.15) is 0 Å².